The normalized spacial score (nSPS) is 29.6. The number of rotatable bonds is 3. The molecular formula is C14H23N5. The highest BCUT2D eigenvalue weighted by Gasteiger charge is 2.43. The molecule has 0 bridgehead atoms. The number of anilines is 2. The Morgan fingerprint density at radius 3 is 3.00 bits per heavy atom. The van der Waals surface area contributed by atoms with Crippen LogP contribution in [0.1, 0.15) is 13.3 Å². The molecule has 0 amide bonds. The molecule has 1 N–H and O–H groups in total. The molecular weight excluding hydrogens is 238 g/mol. The van der Waals surface area contributed by atoms with Gasteiger partial charge in [0.05, 0.1) is 0 Å². The van der Waals surface area contributed by atoms with Gasteiger partial charge in [0, 0.05) is 46.0 Å². The molecule has 3 unspecified atom stereocenters. The summed E-state index contributed by atoms with van der Waals surface area (Å²) in [6.45, 7) is 5.72. The zero-order chi connectivity index (χ0) is 13.4. The summed E-state index contributed by atoms with van der Waals surface area (Å²) in [5.74, 6) is 3.44. The lowest BCUT2D eigenvalue weighted by Gasteiger charge is -2.28. The molecule has 2 fully saturated rings. The van der Waals surface area contributed by atoms with Gasteiger partial charge in [-0.15, -0.1) is 0 Å². The lowest BCUT2D eigenvalue weighted by molar-refractivity contribution is 0.441. The van der Waals surface area contributed by atoms with E-state index in [2.05, 4.69) is 22.1 Å². The Balaban J connectivity index is 1.87. The van der Waals surface area contributed by atoms with Crippen molar-refractivity contribution in [2.75, 3.05) is 43.5 Å². The van der Waals surface area contributed by atoms with E-state index in [-0.39, 0.29) is 0 Å². The van der Waals surface area contributed by atoms with Crippen LogP contribution in [0.15, 0.2) is 12.3 Å². The fourth-order valence-electron chi connectivity index (χ4n) is 3.52. The monoisotopic (exact) mass is 261 g/mol. The van der Waals surface area contributed by atoms with Gasteiger partial charge >= 0.3 is 0 Å². The van der Waals surface area contributed by atoms with Crippen molar-refractivity contribution in [1.29, 1.82) is 0 Å². The van der Waals surface area contributed by atoms with Crippen molar-refractivity contribution in [3.8, 4) is 0 Å². The quantitative estimate of drug-likeness (QED) is 0.878. The van der Waals surface area contributed by atoms with Gasteiger partial charge in [0.2, 0.25) is 5.95 Å². The number of aromatic nitrogens is 2. The molecule has 2 saturated heterocycles. The number of nitrogens with zero attached hydrogens (tertiary/aromatic N) is 4. The van der Waals surface area contributed by atoms with Gasteiger partial charge in [-0.25, -0.2) is 4.98 Å². The van der Waals surface area contributed by atoms with Gasteiger partial charge < -0.3 is 15.1 Å². The highest BCUT2D eigenvalue weighted by atomic mass is 15.3. The van der Waals surface area contributed by atoms with E-state index in [1.54, 1.807) is 0 Å². The molecule has 3 atom stereocenters. The van der Waals surface area contributed by atoms with Crippen LogP contribution in [0.25, 0.3) is 0 Å². The summed E-state index contributed by atoms with van der Waals surface area (Å²) in [5, 5.41) is 3.52. The Hall–Kier alpha value is -1.36. The van der Waals surface area contributed by atoms with Gasteiger partial charge in [-0.1, -0.05) is 6.92 Å². The Labute approximate surface area is 115 Å². The van der Waals surface area contributed by atoms with Gasteiger partial charge in [0.15, 0.2) is 0 Å². The number of nitrogens with one attached hydrogen (secondary N) is 1. The van der Waals surface area contributed by atoms with Crippen LogP contribution in [0.3, 0.4) is 0 Å². The van der Waals surface area contributed by atoms with Crippen molar-refractivity contribution in [1.82, 2.24) is 15.3 Å². The van der Waals surface area contributed by atoms with E-state index >= 15 is 0 Å². The summed E-state index contributed by atoms with van der Waals surface area (Å²) in [6.07, 6.45) is 3.06. The summed E-state index contributed by atoms with van der Waals surface area (Å²) in [7, 11) is 3.97. The zero-order valence-electron chi connectivity index (χ0n) is 12.0. The first-order valence-corrected chi connectivity index (χ1v) is 7.18. The molecule has 2 aliphatic rings. The molecule has 3 heterocycles. The molecule has 5 nitrogen and oxygen atoms in total. The van der Waals surface area contributed by atoms with Gasteiger partial charge in [-0.2, -0.15) is 4.98 Å². The lowest BCUT2D eigenvalue weighted by Crippen LogP contribution is -2.35. The average molecular weight is 261 g/mol. The van der Waals surface area contributed by atoms with Crippen molar-refractivity contribution in [3.63, 3.8) is 0 Å². The summed E-state index contributed by atoms with van der Waals surface area (Å²) in [5.41, 5.74) is 0. The van der Waals surface area contributed by atoms with E-state index in [4.69, 9.17) is 4.98 Å². The molecule has 0 aromatic carbocycles. The maximum Gasteiger partial charge on any atom is 0.226 e. The second-order valence-electron chi connectivity index (χ2n) is 5.82. The van der Waals surface area contributed by atoms with Crippen LogP contribution in [-0.2, 0) is 0 Å². The smallest absolute Gasteiger partial charge is 0.226 e. The van der Waals surface area contributed by atoms with Crippen LogP contribution in [0.2, 0.25) is 0 Å². The second-order valence-corrected chi connectivity index (χ2v) is 5.82. The molecule has 3 rings (SSSR count). The lowest BCUT2D eigenvalue weighted by atomic mass is 9.93. The van der Waals surface area contributed by atoms with Crippen molar-refractivity contribution in [2.24, 2.45) is 11.8 Å². The SMILES string of the molecule is CCC1C2CNCC2CN1c1ccnc(N(C)C)n1. The summed E-state index contributed by atoms with van der Waals surface area (Å²) >= 11 is 0. The van der Waals surface area contributed by atoms with Crippen LogP contribution >= 0.6 is 0 Å². The minimum Gasteiger partial charge on any atom is -0.353 e. The van der Waals surface area contributed by atoms with Crippen LogP contribution in [0, 0.1) is 11.8 Å². The van der Waals surface area contributed by atoms with Gasteiger partial charge in [0.25, 0.3) is 0 Å². The molecule has 19 heavy (non-hydrogen) atoms. The third-order valence-electron chi connectivity index (χ3n) is 4.46. The molecule has 1 aromatic heterocycles. The average Bonchev–Trinajstić information content (AvgIpc) is 2.98. The minimum absolute atomic E-state index is 0.616. The Morgan fingerprint density at radius 2 is 2.26 bits per heavy atom. The fraction of sp³-hybridized carbons (Fsp3) is 0.714. The fourth-order valence-corrected chi connectivity index (χ4v) is 3.52. The first kappa shape index (κ1) is 12.7. The molecule has 104 valence electrons. The highest BCUT2D eigenvalue weighted by Crippen LogP contribution is 2.36. The molecule has 0 spiro atoms. The van der Waals surface area contributed by atoms with Crippen molar-refractivity contribution >= 4 is 11.8 Å². The molecule has 2 aliphatic heterocycles. The predicted octanol–water partition coefficient (Wildman–Crippen LogP) is 0.977. The molecule has 0 aliphatic carbocycles. The number of fused-ring (bicyclic) bond motifs is 1. The molecule has 0 radical (unpaired) electrons. The highest BCUT2D eigenvalue weighted by molar-refractivity contribution is 5.46. The van der Waals surface area contributed by atoms with Crippen molar-refractivity contribution in [2.45, 2.75) is 19.4 Å². The van der Waals surface area contributed by atoms with Crippen LogP contribution in [0.5, 0.6) is 0 Å². The molecule has 5 heteroatoms. The van der Waals surface area contributed by atoms with Gasteiger partial charge in [-0.05, 0) is 24.3 Å². The first-order chi connectivity index (χ1) is 9.20. The Morgan fingerprint density at radius 1 is 1.42 bits per heavy atom. The third kappa shape index (κ3) is 2.16. The molecule has 0 saturated carbocycles. The van der Waals surface area contributed by atoms with E-state index in [9.17, 15) is 0 Å². The van der Waals surface area contributed by atoms with Crippen LogP contribution in [0.4, 0.5) is 11.8 Å². The van der Waals surface area contributed by atoms with Crippen LogP contribution < -0.4 is 15.1 Å². The van der Waals surface area contributed by atoms with E-state index < -0.39 is 0 Å². The van der Waals surface area contributed by atoms with Crippen molar-refractivity contribution in [3.05, 3.63) is 12.3 Å². The third-order valence-corrected chi connectivity index (χ3v) is 4.46. The first-order valence-electron chi connectivity index (χ1n) is 7.18. The Bertz CT molecular complexity index is 447. The Kier molecular flexibility index (Phi) is 3.31. The second kappa shape index (κ2) is 4.96. The maximum absolute atomic E-state index is 4.70. The maximum atomic E-state index is 4.70. The van der Waals surface area contributed by atoms with E-state index in [1.165, 1.54) is 6.42 Å². The summed E-state index contributed by atoms with van der Waals surface area (Å²) in [4.78, 5) is 13.5. The van der Waals surface area contributed by atoms with E-state index in [0.717, 1.165) is 43.2 Å². The van der Waals surface area contributed by atoms with E-state index in [1.807, 2.05) is 31.3 Å². The van der Waals surface area contributed by atoms with Crippen molar-refractivity contribution < 1.29 is 0 Å². The van der Waals surface area contributed by atoms with Gasteiger partial charge in [0.1, 0.15) is 5.82 Å². The largest absolute Gasteiger partial charge is 0.353 e. The predicted molar refractivity (Wildman–Crippen MR) is 77.6 cm³/mol. The number of hydrogen-bond donors (Lipinski definition) is 1. The van der Waals surface area contributed by atoms with E-state index in [0.29, 0.717) is 6.04 Å². The zero-order valence-corrected chi connectivity index (χ0v) is 12.0. The molecule has 1 aromatic rings. The van der Waals surface area contributed by atoms with Crippen LogP contribution in [-0.4, -0.2) is 49.7 Å². The number of hydrogen-bond acceptors (Lipinski definition) is 5. The topological polar surface area (TPSA) is 44.3 Å². The summed E-state index contributed by atoms with van der Waals surface area (Å²) < 4.78 is 0. The van der Waals surface area contributed by atoms with Gasteiger partial charge in [-0.3, -0.25) is 0 Å². The summed E-state index contributed by atoms with van der Waals surface area (Å²) in [6, 6.07) is 2.66. The standard InChI is InChI=1S/C14H23N5/c1-4-12-11-8-15-7-10(11)9-19(12)13-5-6-16-14(17-13)18(2)3/h5-6,10-12,15H,4,7-9H2,1-3H3. The minimum atomic E-state index is 0.616.